The molecule has 1 unspecified atom stereocenters. The average Bonchev–Trinajstić information content (AvgIpc) is 2.27. The smallest absolute Gasteiger partial charge is 0.0788 e. The van der Waals surface area contributed by atoms with E-state index < -0.39 is 6.10 Å². The van der Waals surface area contributed by atoms with E-state index in [-0.39, 0.29) is 0 Å². The molecule has 0 saturated heterocycles. The van der Waals surface area contributed by atoms with Gasteiger partial charge in [-0.15, -0.1) is 0 Å². The van der Waals surface area contributed by atoms with Crippen LogP contribution in [0.25, 0.3) is 0 Å². The standard InChI is InChI=1S/C12H20N2O/c1-14(10-12(15)9-13)8-7-11-5-3-2-4-6-11/h2-6,12,15H,7-10,13H2,1H3. The number of benzene rings is 1. The summed E-state index contributed by atoms with van der Waals surface area (Å²) in [5.74, 6) is 0. The van der Waals surface area contributed by atoms with E-state index in [1.165, 1.54) is 5.56 Å². The number of likely N-dealkylation sites (N-methyl/N-ethyl adjacent to an activating group) is 1. The number of rotatable bonds is 6. The Morgan fingerprint density at radius 3 is 2.60 bits per heavy atom. The van der Waals surface area contributed by atoms with Gasteiger partial charge in [-0.25, -0.2) is 0 Å². The predicted molar refractivity (Wildman–Crippen MR) is 62.7 cm³/mol. The maximum Gasteiger partial charge on any atom is 0.0788 e. The normalized spacial score (nSPS) is 13.1. The summed E-state index contributed by atoms with van der Waals surface area (Å²) in [6.45, 7) is 1.92. The topological polar surface area (TPSA) is 49.5 Å². The third-order valence-corrected chi connectivity index (χ3v) is 2.42. The highest BCUT2D eigenvalue weighted by atomic mass is 16.3. The van der Waals surface area contributed by atoms with Crippen LogP contribution < -0.4 is 5.73 Å². The Morgan fingerprint density at radius 2 is 2.00 bits per heavy atom. The van der Waals surface area contributed by atoms with Crippen molar-refractivity contribution < 1.29 is 5.11 Å². The highest BCUT2D eigenvalue weighted by Gasteiger charge is 2.05. The van der Waals surface area contributed by atoms with E-state index >= 15 is 0 Å². The Labute approximate surface area is 91.5 Å². The minimum Gasteiger partial charge on any atom is -0.390 e. The molecule has 0 aliphatic rings. The van der Waals surface area contributed by atoms with Crippen molar-refractivity contribution in [2.75, 3.05) is 26.7 Å². The first kappa shape index (κ1) is 12.2. The van der Waals surface area contributed by atoms with Crippen molar-refractivity contribution in [1.82, 2.24) is 4.90 Å². The maximum absolute atomic E-state index is 9.36. The molecule has 0 fully saturated rings. The van der Waals surface area contributed by atoms with Gasteiger partial charge in [-0.3, -0.25) is 0 Å². The highest BCUT2D eigenvalue weighted by Crippen LogP contribution is 2.00. The van der Waals surface area contributed by atoms with Crippen molar-refractivity contribution in [3.05, 3.63) is 35.9 Å². The van der Waals surface area contributed by atoms with Crippen LogP contribution >= 0.6 is 0 Å². The molecule has 0 aliphatic heterocycles. The van der Waals surface area contributed by atoms with E-state index in [0.717, 1.165) is 13.0 Å². The molecule has 0 spiro atoms. The first-order chi connectivity index (χ1) is 7.22. The summed E-state index contributed by atoms with van der Waals surface area (Å²) < 4.78 is 0. The number of nitrogens with zero attached hydrogens (tertiary/aromatic N) is 1. The Kier molecular flexibility index (Phi) is 5.32. The van der Waals surface area contributed by atoms with Crippen LogP contribution in [0.15, 0.2) is 30.3 Å². The van der Waals surface area contributed by atoms with E-state index in [4.69, 9.17) is 5.73 Å². The van der Waals surface area contributed by atoms with E-state index in [1.54, 1.807) is 0 Å². The van der Waals surface area contributed by atoms with Crippen LogP contribution in [0.3, 0.4) is 0 Å². The molecule has 1 atom stereocenters. The second kappa shape index (κ2) is 6.56. The summed E-state index contributed by atoms with van der Waals surface area (Å²) in [5, 5.41) is 9.36. The van der Waals surface area contributed by atoms with Gasteiger partial charge < -0.3 is 15.7 Å². The molecular weight excluding hydrogens is 188 g/mol. The number of hydrogen-bond donors (Lipinski definition) is 2. The molecule has 3 heteroatoms. The second-order valence-corrected chi connectivity index (χ2v) is 3.89. The lowest BCUT2D eigenvalue weighted by molar-refractivity contribution is 0.133. The maximum atomic E-state index is 9.36. The van der Waals surface area contributed by atoms with E-state index in [0.29, 0.717) is 13.1 Å². The van der Waals surface area contributed by atoms with Gasteiger partial charge in [0.1, 0.15) is 0 Å². The van der Waals surface area contributed by atoms with E-state index in [2.05, 4.69) is 17.0 Å². The Balaban J connectivity index is 2.25. The van der Waals surface area contributed by atoms with Gasteiger partial charge in [0.05, 0.1) is 6.10 Å². The minimum absolute atomic E-state index is 0.329. The van der Waals surface area contributed by atoms with Gasteiger partial charge in [-0.2, -0.15) is 0 Å². The zero-order chi connectivity index (χ0) is 11.1. The fraction of sp³-hybridized carbons (Fsp3) is 0.500. The zero-order valence-corrected chi connectivity index (χ0v) is 9.26. The van der Waals surface area contributed by atoms with Gasteiger partial charge in [0, 0.05) is 19.6 Å². The molecule has 84 valence electrons. The number of aliphatic hydroxyl groups is 1. The molecule has 0 aliphatic carbocycles. The Morgan fingerprint density at radius 1 is 1.33 bits per heavy atom. The van der Waals surface area contributed by atoms with Gasteiger partial charge >= 0.3 is 0 Å². The average molecular weight is 208 g/mol. The van der Waals surface area contributed by atoms with Gasteiger partial charge in [-0.05, 0) is 19.0 Å². The van der Waals surface area contributed by atoms with Gasteiger partial charge in [0.2, 0.25) is 0 Å². The lowest BCUT2D eigenvalue weighted by Crippen LogP contribution is -2.35. The first-order valence-electron chi connectivity index (χ1n) is 5.33. The molecule has 1 aromatic rings. The number of aliphatic hydroxyl groups excluding tert-OH is 1. The summed E-state index contributed by atoms with van der Waals surface area (Å²) >= 11 is 0. The fourth-order valence-electron chi connectivity index (χ4n) is 1.49. The zero-order valence-electron chi connectivity index (χ0n) is 9.26. The molecule has 0 heterocycles. The lowest BCUT2D eigenvalue weighted by atomic mass is 10.1. The summed E-state index contributed by atoms with van der Waals surface area (Å²) in [6, 6.07) is 10.3. The van der Waals surface area contributed by atoms with Crippen molar-refractivity contribution in [3.63, 3.8) is 0 Å². The van der Waals surface area contributed by atoms with Crippen LogP contribution in [0.5, 0.6) is 0 Å². The highest BCUT2D eigenvalue weighted by molar-refractivity contribution is 5.14. The molecule has 0 aromatic heterocycles. The molecule has 15 heavy (non-hydrogen) atoms. The number of nitrogens with two attached hydrogens (primary N) is 1. The SMILES string of the molecule is CN(CCc1ccccc1)CC(O)CN. The minimum atomic E-state index is -0.411. The van der Waals surface area contributed by atoms with Gasteiger partial charge in [0.15, 0.2) is 0 Å². The van der Waals surface area contributed by atoms with Crippen LogP contribution in [-0.4, -0.2) is 42.8 Å². The summed E-state index contributed by atoms with van der Waals surface area (Å²) in [7, 11) is 2.00. The van der Waals surface area contributed by atoms with Crippen molar-refractivity contribution >= 4 is 0 Å². The van der Waals surface area contributed by atoms with Gasteiger partial charge in [-0.1, -0.05) is 30.3 Å². The molecule has 0 radical (unpaired) electrons. The molecule has 0 bridgehead atoms. The Hall–Kier alpha value is -0.900. The molecule has 3 nitrogen and oxygen atoms in total. The lowest BCUT2D eigenvalue weighted by Gasteiger charge is -2.19. The quantitative estimate of drug-likeness (QED) is 0.715. The number of hydrogen-bond acceptors (Lipinski definition) is 3. The fourth-order valence-corrected chi connectivity index (χ4v) is 1.49. The second-order valence-electron chi connectivity index (χ2n) is 3.89. The molecule has 0 amide bonds. The molecule has 0 saturated carbocycles. The van der Waals surface area contributed by atoms with Crippen LogP contribution in [-0.2, 0) is 6.42 Å². The largest absolute Gasteiger partial charge is 0.390 e. The third-order valence-electron chi connectivity index (χ3n) is 2.42. The first-order valence-corrected chi connectivity index (χ1v) is 5.33. The third kappa shape index (κ3) is 4.93. The molecular formula is C12H20N2O. The van der Waals surface area contributed by atoms with Crippen molar-refractivity contribution in [2.45, 2.75) is 12.5 Å². The van der Waals surface area contributed by atoms with Crippen LogP contribution in [0.2, 0.25) is 0 Å². The van der Waals surface area contributed by atoms with Crippen LogP contribution in [0.1, 0.15) is 5.56 Å². The monoisotopic (exact) mass is 208 g/mol. The molecule has 1 aromatic carbocycles. The summed E-state index contributed by atoms with van der Waals surface area (Å²) in [4.78, 5) is 2.10. The molecule has 3 N–H and O–H groups in total. The predicted octanol–water partition coefficient (Wildman–Crippen LogP) is 0.481. The van der Waals surface area contributed by atoms with Crippen LogP contribution in [0, 0.1) is 0 Å². The molecule has 1 rings (SSSR count). The van der Waals surface area contributed by atoms with E-state index in [9.17, 15) is 5.11 Å². The van der Waals surface area contributed by atoms with Crippen LogP contribution in [0.4, 0.5) is 0 Å². The summed E-state index contributed by atoms with van der Waals surface area (Å²) in [6.07, 6.45) is 0.597. The van der Waals surface area contributed by atoms with Crippen molar-refractivity contribution in [3.8, 4) is 0 Å². The van der Waals surface area contributed by atoms with Gasteiger partial charge in [0.25, 0.3) is 0 Å². The van der Waals surface area contributed by atoms with Crippen molar-refractivity contribution in [2.24, 2.45) is 5.73 Å². The van der Waals surface area contributed by atoms with E-state index in [1.807, 2.05) is 25.2 Å². The Bertz CT molecular complexity index is 264. The summed E-state index contributed by atoms with van der Waals surface area (Å²) in [5.41, 5.74) is 6.68. The van der Waals surface area contributed by atoms with Crippen molar-refractivity contribution in [1.29, 1.82) is 0 Å².